The Morgan fingerprint density at radius 1 is 1.03 bits per heavy atom. The molecule has 0 saturated heterocycles. The summed E-state index contributed by atoms with van der Waals surface area (Å²) in [5.41, 5.74) is 8.62. The fourth-order valence-corrected chi connectivity index (χ4v) is 3.38. The van der Waals surface area contributed by atoms with Gasteiger partial charge in [0.2, 0.25) is 5.88 Å². The summed E-state index contributed by atoms with van der Waals surface area (Å²) in [7, 11) is 0. The molecule has 10 nitrogen and oxygen atoms in total. The van der Waals surface area contributed by atoms with Crippen LogP contribution in [0.4, 0.5) is 5.69 Å². The summed E-state index contributed by atoms with van der Waals surface area (Å²) in [4.78, 5) is 20.6. The second-order valence-corrected chi connectivity index (χ2v) is 8.31. The van der Waals surface area contributed by atoms with Crippen LogP contribution in [-0.4, -0.2) is 39.4 Å². The highest BCUT2D eigenvalue weighted by molar-refractivity contribution is 7.80. The first-order chi connectivity index (χ1) is 17.5. The number of ether oxygens (including phenoxy) is 2. The molecular weight excluding hydrogens is 480 g/mol. The van der Waals surface area contributed by atoms with Gasteiger partial charge in [0.15, 0.2) is 11.7 Å². The molecule has 186 valence electrons. The molecule has 2 aromatic carbocycles. The Kier molecular flexibility index (Phi) is 8.24. The van der Waals surface area contributed by atoms with Crippen molar-refractivity contribution in [3.05, 3.63) is 60.4 Å². The molecule has 0 radical (unpaired) electrons. The van der Waals surface area contributed by atoms with Gasteiger partial charge in [0.1, 0.15) is 23.2 Å². The molecule has 0 saturated carbocycles. The van der Waals surface area contributed by atoms with Crippen molar-refractivity contribution < 1.29 is 18.8 Å². The largest absolute Gasteiger partial charge is 0.494 e. The summed E-state index contributed by atoms with van der Waals surface area (Å²) in [6.45, 7) is 4.48. The topological polar surface area (TPSA) is 123 Å². The van der Waals surface area contributed by atoms with Crippen molar-refractivity contribution in [3.8, 4) is 22.9 Å². The molecule has 0 unspecified atom stereocenters. The second kappa shape index (κ2) is 11.9. The number of carbonyl (C=O) groups excluding carboxylic acids is 1. The molecule has 2 heterocycles. The molecule has 0 atom stereocenters. The molecule has 0 fully saturated rings. The molecule has 36 heavy (non-hydrogen) atoms. The number of hydrogen-bond donors (Lipinski definition) is 3. The van der Waals surface area contributed by atoms with Gasteiger partial charge in [-0.1, -0.05) is 48.3 Å². The number of nitrogens with one attached hydrogen (secondary N) is 3. The minimum Gasteiger partial charge on any atom is -0.494 e. The maximum atomic E-state index is 12.3. The quantitative estimate of drug-likeness (QED) is 0.173. The number of aromatic nitrogens is 3. The Hall–Kier alpha value is -4.25. The third kappa shape index (κ3) is 6.45. The molecular formula is C25H26N6O4S. The number of fused-ring (bicyclic) bond motifs is 1. The van der Waals surface area contributed by atoms with E-state index in [1.165, 1.54) is 6.33 Å². The number of aryl methyl sites for hydroxylation is 1. The van der Waals surface area contributed by atoms with Gasteiger partial charge in [0.05, 0.1) is 6.61 Å². The van der Waals surface area contributed by atoms with Crippen molar-refractivity contribution in [2.45, 2.75) is 26.7 Å². The number of thiocarbonyl (C=S) groups is 1. The minimum absolute atomic E-state index is 0.189. The maximum Gasteiger partial charge on any atom is 0.276 e. The second-order valence-electron chi connectivity index (χ2n) is 7.90. The number of anilines is 1. The van der Waals surface area contributed by atoms with Crippen molar-refractivity contribution in [1.82, 2.24) is 26.0 Å². The average molecular weight is 507 g/mol. The molecule has 1 amide bonds. The molecule has 0 spiro atoms. The Labute approximate surface area is 213 Å². The number of benzene rings is 2. The number of nitrogens with zero attached hydrogens (tertiary/aromatic N) is 3. The van der Waals surface area contributed by atoms with Crippen LogP contribution in [0.5, 0.6) is 11.6 Å². The highest BCUT2D eigenvalue weighted by Gasteiger charge is 2.18. The van der Waals surface area contributed by atoms with Crippen molar-refractivity contribution in [2.24, 2.45) is 0 Å². The van der Waals surface area contributed by atoms with Crippen molar-refractivity contribution >= 4 is 40.0 Å². The molecule has 0 aliphatic carbocycles. The summed E-state index contributed by atoms with van der Waals surface area (Å²) in [6, 6.07) is 15.1. The van der Waals surface area contributed by atoms with E-state index in [-0.39, 0.29) is 23.3 Å². The van der Waals surface area contributed by atoms with E-state index in [1.54, 1.807) is 0 Å². The van der Waals surface area contributed by atoms with Gasteiger partial charge >= 0.3 is 0 Å². The maximum absolute atomic E-state index is 12.3. The summed E-state index contributed by atoms with van der Waals surface area (Å²) in [6.07, 6.45) is 3.37. The van der Waals surface area contributed by atoms with Crippen LogP contribution in [-0.2, 0) is 4.79 Å². The van der Waals surface area contributed by atoms with Crippen LogP contribution in [0.1, 0.15) is 25.3 Å². The zero-order valence-corrected chi connectivity index (χ0v) is 20.7. The van der Waals surface area contributed by atoms with Gasteiger partial charge < -0.3 is 19.3 Å². The van der Waals surface area contributed by atoms with Crippen LogP contribution < -0.4 is 25.6 Å². The van der Waals surface area contributed by atoms with Crippen LogP contribution >= 0.6 is 12.2 Å². The van der Waals surface area contributed by atoms with E-state index in [0.29, 0.717) is 17.7 Å². The SMILES string of the molecule is CCCCOc1ccc(NC(=S)NNC(=O)COc2ncnc3onc(-c4ccc(C)cc4)c23)cc1. The lowest BCUT2D eigenvalue weighted by molar-refractivity contribution is -0.123. The number of hydrazine groups is 1. The number of carbonyl (C=O) groups is 1. The molecule has 4 aromatic rings. The first-order valence-electron chi connectivity index (χ1n) is 11.4. The zero-order chi connectivity index (χ0) is 25.3. The summed E-state index contributed by atoms with van der Waals surface area (Å²) in [5.74, 6) is 0.517. The number of rotatable bonds is 9. The Morgan fingerprint density at radius 2 is 1.81 bits per heavy atom. The van der Waals surface area contributed by atoms with Gasteiger partial charge in [-0.15, -0.1) is 0 Å². The third-order valence-corrected chi connectivity index (χ3v) is 5.30. The monoisotopic (exact) mass is 506 g/mol. The normalized spacial score (nSPS) is 10.6. The van der Waals surface area contributed by atoms with Gasteiger partial charge in [-0.2, -0.15) is 4.98 Å². The highest BCUT2D eigenvalue weighted by Crippen LogP contribution is 2.32. The Bertz CT molecular complexity index is 1320. The van der Waals surface area contributed by atoms with E-state index < -0.39 is 5.91 Å². The Balaban J connectivity index is 1.29. The van der Waals surface area contributed by atoms with E-state index in [2.05, 4.69) is 38.2 Å². The first kappa shape index (κ1) is 24.9. The molecule has 0 aliphatic heterocycles. The van der Waals surface area contributed by atoms with Crippen LogP contribution in [0.2, 0.25) is 0 Å². The van der Waals surface area contributed by atoms with E-state index >= 15 is 0 Å². The average Bonchev–Trinajstić information content (AvgIpc) is 3.33. The zero-order valence-electron chi connectivity index (χ0n) is 19.9. The van der Waals surface area contributed by atoms with Crippen LogP contribution in [0, 0.1) is 6.92 Å². The van der Waals surface area contributed by atoms with Gasteiger partial charge in [0.25, 0.3) is 11.6 Å². The third-order valence-electron chi connectivity index (χ3n) is 5.10. The van der Waals surface area contributed by atoms with Crippen molar-refractivity contribution in [3.63, 3.8) is 0 Å². The standard InChI is InChI=1S/C25H26N6O4S/c1-3-4-13-33-19-11-9-18(10-12-19)28-25(36)30-29-20(32)14-34-23-21-22(17-7-5-16(2)6-8-17)31-35-24(21)27-15-26-23/h5-12,15H,3-4,13-14H2,1-2H3,(H,29,32)(H2,28,30,36). The van der Waals surface area contributed by atoms with Crippen LogP contribution in [0.25, 0.3) is 22.4 Å². The lowest BCUT2D eigenvalue weighted by atomic mass is 10.1. The molecule has 0 bridgehead atoms. The number of amides is 1. The van der Waals surface area contributed by atoms with E-state index in [1.807, 2.05) is 55.5 Å². The van der Waals surface area contributed by atoms with E-state index in [4.69, 9.17) is 26.2 Å². The summed E-state index contributed by atoms with van der Waals surface area (Å²) in [5, 5.41) is 7.79. The summed E-state index contributed by atoms with van der Waals surface area (Å²) >= 11 is 5.23. The predicted octanol–water partition coefficient (Wildman–Crippen LogP) is 4.17. The Morgan fingerprint density at radius 3 is 2.56 bits per heavy atom. The smallest absolute Gasteiger partial charge is 0.276 e. The van der Waals surface area contributed by atoms with Crippen molar-refractivity contribution in [1.29, 1.82) is 0 Å². The molecule has 11 heteroatoms. The van der Waals surface area contributed by atoms with Crippen LogP contribution in [0.3, 0.4) is 0 Å². The van der Waals surface area contributed by atoms with Crippen molar-refractivity contribution in [2.75, 3.05) is 18.5 Å². The fraction of sp³-hybridized carbons (Fsp3) is 0.240. The lowest BCUT2D eigenvalue weighted by Crippen LogP contribution is -2.45. The summed E-state index contributed by atoms with van der Waals surface area (Å²) < 4.78 is 16.6. The number of hydrogen-bond acceptors (Lipinski definition) is 8. The van der Waals surface area contributed by atoms with E-state index in [0.717, 1.165) is 35.4 Å². The number of unbranched alkanes of at least 4 members (excludes halogenated alkanes) is 1. The molecule has 2 aromatic heterocycles. The molecule has 4 rings (SSSR count). The first-order valence-corrected chi connectivity index (χ1v) is 11.8. The highest BCUT2D eigenvalue weighted by atomic mass is 32.1. The minimum atomic E-state index is -0.459. The van der Waals surface area contributed by atoms with Gasteiger partial charge in [-0.05, 0) is 49.8 Å². The van der Waals surface area contributed by atoms with Gasteiger partial charge in [-0.25, -0.2) is 4.98 Å². The van der Waals surface area contributed by atoms with E-state index in [9.17, 15) is 4.79 Å². The molecule has 0 aliphatic rings. The van der Waals surface area contributed by atoms with Gasteiger partial charge in [0, 0.05) is 11.3 Å². The van der Waals surface area contributed by atoms with Crippen LogP contribution in [0.15, 0.2) is 59.4 Å². The lowest BCUT2D eigenvalue weighted by Gasteiger charge is -2.12. The molecule has 3 N–H and O–H groups in total. The fourth-order valence-electron chi connectivity index (χ4n) is 3.21. The van der Waals surface area contributed by atoms with Gasteiger partial charge in [-0.3, -0.25) is 15.6 Å². The predicted molar refractivity (Wildman–Crippen MR) is 140 cm³/mol.